The number of hydrogen-bond donors (Lipinski definition) is 1. The first-order valence-electron chi connectivity index (χ1n) is 6.14. The second-order valence-corrected chi connectivity index (χ2v) is 6.05. The number of anilines is 1. The van der Waals surface area contributed by atoms with Crippen molar-refractivity contribution in [2.45, 2.75) is 57.9 Å². The zero-order valence-corrected chi connectivity index (χ0v) is 12.2. The smallest absolute Gasteiger partial charge is 0.135 e. The molecule has 3 nitrogen and oxygen atoms in total. The van der Waals surface area contributed by atoms with Crippen LogP contribution in [0.3, 0.4) is 0 Å². The fraction of sp³-hybridized carbons (Fsp3) is 0.750. The van der Waals surface area contributed by atoms with E-state index < -0.39 is 0 Å². The summed E-state index contributed by atoms with van der Waals surface area (Å²) in [6.45, 7) is 4.35. The minimum Gasteiger partial charge on any atom is -0.383 e. The molecule has 1 aliphatic carbocycles. The molecule has 0 unspecified atom stereocenters. The average molecular weight is 333 g/mol. The summed E-state index contributed by atoms with van der Waals surface area (Å²) < 4.78 is 3.23. The summed E-state index contributed by atoms with van der Waals surface area (Å²) >= 11 is 2.33. The lowest BCUT2D eigenvalue weighted by Gasteiger charge is -2.22. The maximum absolute atomic E-state index is 6.17. The summed E-state index contributed by atoms with van der Waals surface area (Å²) in [5.41, 5.74) is 7.32. The van der Waals surface area contributed by atoms with Gasteiger partial charge in [-0.2, -0.15) is 5.10 Å². The van der Waals surface area contributed by atoms with Gasteiger partial charge in [-0.3, -0.25) is 0 Å². The fourth-order valence-corrected chi connectivity index (χ4v) is 3.40. The first-order valence-corrected chi connectivity index (χ1v) is 7.22. The molecule has 0 radical (unpaired) electrons. The van der Waals surface area contributed by atoms with Crippen molar-refractivity contribution >= 4 is 28.4 Å². The largest absolute Gasteiger partial charge is 0.383 e. The van der Waals surface area contributed by atoms with E-state index in [2.05, 4.69) is 41.1 Å². The predicted octanol–water partition coefficient (Wildman–Crippen LogP) is 3.70. The molecule has 1 aromatic rings. The Hall–Kier alpha value is -0.260. The van der Waals surface area contributed by atoms with Crippen molar-refractivity contribution in [1.82, 2.24) is 9.78 Å². The minimum atomic E-state index is 0.457. The van der Waals surface area contributed by atoms with Crippen LogP contribution in [0.15, 0.2) is 0 Å². The Balaban J connectivity index is 2.30. The monoisotopic (exact) mass is 333 g/mol. The SMILES string of the molecule is CC(C)c1nn(C2CCCCC2)c(N)c1I. The van der Waals surface area contributed by atoms with E-state index in [1.54, 1.807) is 0 Å². The molecule has 0 aliphatic heterocycles. The lowest BCUT2D eigenvalue weighted by Crippen LogP contribution is -2.16. The maximum Gasteiger partial charge on any atom is 0.135 e. The number of aromatic nitrogens is 2. The quantitative estimate of drug-likeness (QED) is 0.839. The van der Waals surface area contributed by atoms with Crippen LogP contribution < -0.4 is 5.73 Å². The van der Waals surface area contributed by atoms with E-state index in [-0.39, 0.29) is 0 Å². The number of hydrogen-bond acceptors (Lipinski definition) is 2. The van der Waals surface area contributed by atoms with E-state index in [1.165, 1.54) is 32.1 Å². The summed E-state index contributed by atoms with van der Waals surface area (Å²) in [6, 6.07) is 0.537. The maximum atomic E-state index is 6.17. The van der Waals surface area contributed by atoms with Gasteiger partial charge in [-0.15, -0.1) is 0 Å². The molecule has 0 spiro atoms. The number of nitrogens with two attached hydrogens (primary N) is 1. The molecule has 0 atom stereocenters. The number of rotatable bonds is 2. The Morgan fingerprint density at radius 2 is 1.94 bits per heavy atom. The summed E-state index contributed by atoms with van der Waals surface area (Å²) in [4.78, 5) is 0. The van der Waals surface area contributed by atoms with Crippen LogP contribution in [0.4, 0.5) is 5.82 Å². The van der Waals surface area contributed by atoms with Gasteiger partial charge in [0.05, 0.1) is 15.3 Å². The van der Waals surface area contributed by atoms with E-state index in [0.29, 0.717) is 12.0 Å². The van der Waals surface area contributed by atoms with Gasteiger partial charge in [-0.1, -0.05) is 33.1 Å². The van der Waals surface area contributed by atoms with Gasteiger partial charge in [0.25, 0.3) is 0 Å². The highest BCUT2D eigenvalue weighted by Crippen LogP contribution is 2.33. The molecule has 2 rings (SSSR count). The molecule has 1 aliphatic rings. The predicted molar refractivity (Wildman–Crippen MR) is 75.6 cm³/mol. The van der Waals surface area contributed by atoms with Gasteiger partial charge in [0, 0.05) is 0 Å². The van der Waals surface area contributed by atoms with Crippen LogP contribution in [0.25, 0.3) is 0 Å². The molecule has 0 aromatic carbocycles. The molecule has 90 valence electrons. The van der Waals surface area contributed by atoms with Crippen LogP contribution in [-0.4, -0.2) is 9.78 Å². The van der Waals surface area contributed by atoms with E-state index in [9.17, 15) is 0 Å². The van der Waals surface area contributed by atoms with Crippen molar-refractivity contribution in [3.05, 3.63) is 9.26 Å². The van der Waals surface area contributed by atoms with E-state index in [4.69, 9.17) is 10.8 Å². The molecule has 1 aromatic heterocycles. The first-order chi connectivity index (χ1) is 7.61. The third-order valence-electron chi connectivity index (χ3n) is 3.38. The molecule has 4 heteroatoms. The van der Waals surface area contributed by atoms with Gasteiger partial charge in [0.1, 0.15) is 5.82 Å². The van der Waals surface area contributed by atoms with E-state index in [1.807, 2.05) is 0 Å². The highest BCUT2D eigenvalue weighted by molar-refractivity contribution is 14.1. The molecule has 0 saturated heterocycles. The second-order valence-electron chi connectivity index (χ2n) is 4.98. The fourth-order valence-electron chi connectivity index (χ4n) is 2.42. The van der Waals surface area contributed by atoms with Crippen LogP contribution in [0.2, 0.25) is 0 Å². The molecular weight excluding hydrogens is 313 g/mol. The zero-order chi connectivity index (χ0) is 11.7. The van der Waals surface area contributed by atoms with Crippen molar-refractivity contribution in [3.8, 4) is 0 Å². The summed E-state index contributed by atoms with van der Waals surface area (Å²) in [5.74, 6) is 1.33. The summed E-state index contributed by atoms with van der Waals surface area (Å²) in [5, 5.41) is 4.72. The van der Waals surface area contributed by atoms with Gasteiger partial charge < -0.3 is 5.73 Å². The Labute approximate surface area is 111 Å². The highest BCUT2D eigenvalue weighted by Gasteiger charge is 2.22. The van der Waals surface area contributed by atoms with Gasteiger partial charge in [0.2, 0.25) is 0 Å². The van der Waals surface area contributed by atoms with Crippen molar-refractivity contribution in [2.75, 3.05) is 5.73 Å². The molecular formula is C12H20IN3. The lowest BCUT2D eigenvalue weighted by molar-refractivity contribution is 0.331. The van der Waals surface area contributed by atoms with Gasteiger partial charge in [-0.05, 0) is 41.4 Å². The van der Waals surface area contributed by atoms with Gasteiger partial charge >= 0.3 is 0 Å². The van der Waals surface area contributed by atoms with E-state index in [0.717, 1.165) is 15.1 Å². The zero-order valence-electron chi connectivity index (χ0n) is 10.0. The van der Waals surface area contributed by atoms with Crippen molar-refractivity contribution in [1.29, 1.82) is 0 Å². The molecule has 0 bridgehead atoms. The Kier molecular flexibility index (Phi) is 3.77. The van der Waals surface area contributed by atoms with Crippen LogP contribution in [0.1, 0.15) is 63.6 Å². The standard InChI is InChI=1S/C12H20IN3/c1-8(2)11-10(13)12(14)16(15-11)9-6-4-3-5-7-9/h8-9H,3-7,14H2,1-2H3. The van der Waals surface area contributed by atoms with Gasteiger partial charge in [-0.25, -0.2) is 4.68 Å². The topological polar surface area (TPSA) is 43.8 Å². The van der Waals surface area contributed by atoms with Crippen molar-refractivity contribution in [2.24, 2.45) is 0 Å². The highest BCUT2D eigenvalue weighted by atomic mass is 127. The minimum absolute atomic E-state index is 0.457. The van der Waals surface area contributed by atoms with E-state index >= 15 is 0 Å². The molecule has 16 heavy (non-hydrogen) atoms. The van der Waals surface area contributed by atoms with Crippen LogP contribution >= 0.6 is 22.6 Å². The molecule has 1 fully saturated rings. The number of halogens is 1. The summed E-state index contributed by atoms with van der Waals surface area (Å²) in [7, 11) is 0. The normalized spacial score (nSPS) is 18.2. The molecule has 2 N–H and O–H groups in total. The Morgan fingerprint density at radius 3 is 2.44 bits per heavy atom. The third kappa shape index (κ3) is 2.21. The summed E-state index contributed by atoms with van der Waals surface area (Å²) in [6.07, 6.45) is 6.47. The Morgan fingerprint density at radius 1 is 1.31 bits per heavy atom. The second kappa shape index (κ2) is 4.94. The molecule has 1 saturated carbocycles. The third-order valence-corrected chi connectivity index (χ3v) is 4.48. The van der Waals surface area contributed by atoms with Crippen molar-refractivity contribution < 1.29 is 0 Å². The van der Waals surface area contributed by atoms with Crippen LogP contribution in [0, 0.1) is 3.57 Å². The lowest BCUT2D eigenvalue weighted by atomic mass is 9.96. The van der Waals surface area contributed by atoms with Crippen LogP contribution in [0.5, 0.6) is 0 Å². The molecule has 1 heterocycles. The number of nitrogen functional groups attached to an aromatic ring is 1. The van der Waals surface area contributed by atoms with Gasteiger partial charge in [0.15, 0.2) is 0 Å². The first kappa shape index (κ1) is 12.2. The Bertz CT molecular complexity index is 365. The number of nitrogens with zero attached hydrogens (tertiary/aromatic N) is 2. The average Bonchev–Trinajstić information content (AvgIpc) is 2.58. The van der Waals surface area contributed by atoms with Crippen molar-refractivity contribution in [3.63, 3.8) is 0 Å². The van der Waals surface area contributed by atoms with Crippen LogP contribution in [-0.2, 0) is 0 Å². The molecule has 0 amide bonds.